The molecule has 0 heterocycles. The number of rotatable bonds is 8. The summed E-state index contributed by atoms with van der Waals surface area (Å²) in [6, 6.07) is -0.113. The fraction of sp³-hybridized carbons (Fsp3) is 0.850. The minimum Gasteiger partial charge on any atom is -0.368 e. The number of carbonyl (C=O) groups is 1. The predicted octanol–water partition coefficient (Wildman–Crippen LogP) is 4.86. The van der Waals surface area contributed by atoms with Crippen LogP contribution in [0.25, 0.3) is 0 Å². The van der Waals surface area contributed by atoms with Crippen molar-refractivity contribution in [1.29, 1.82) is 0 Å². The predicted molar refractivity (Wildman–Crippen MR) is 107 cm³/mol. The van der Waals surface area contributed by atoms with Crippen LogP contribution < -0.4 is 11.1 Å². The third-order valence-corrected chi connectivity index (χ3v) is 6.33. The largest absolute Gasteiger partial charge is 0.368 e. The van der Waals surface area contributed by atoms with Gasteiger partial charge in [-0.25, -0.2) is 0 Å². The molecule has 2 saturated carbocycles. The Bertz CT molecular complexity index is 374. The SMILES string of the molecule is C1CCC2CCCC2C1.C=C(SCC)C(CCC)NC(C)C(N)=O. The van der Waals surface area contributed by atoms with E-state index in [1.807, 2.05) is 0 Å². The number of carbonyl (C=O) groups excluding carboxylic acids is 1. The monoisotopic (exact) mass is 354 g/mol. The molecular formula is C20H38N2OS. The molecule has 2 fully saturated rings. The Morgan fingerprint density at radius 3 is 2.17 bits per heavy atom. The lowest BCUT2D eigenvalue weighted by atomic mass is 9.82. The van der Waals surface area contributed by atoms with E-state index in [1.54, 1.807) is 44.4 Å². The molecule has 140 valence electrons. The van der Waals surface area contributed by atoms with Crippen LogP contribution >= 0.6 is 11.8 Å². The number of thioether (sulfide) groups is 1. The first-order chi connectivity index (χ1) is 11.5. The molecule has 4 atom stereocenters. The van der Waals surface area contributed by atoms with Gasteiger partial charge >= 0.3 is 0 Å². The Morgan fingerprint density at radius 2 is 1.71 bits per heavy atom. The topological polar surface area (TPSA) is 55.1 Å². The summed E-state index contributed by atoms with van der Waals surface area (Å²) in [5.74, 6) is 3.02. The second-order valence-electron chi connectivity index (χ2n) is 7.27. The summed E-state index contributed by atoms with van der Waals surface area (Å²) in [7, 11) is 0. The zero-order chi connectivity index (χ0) is 17.9. The summed E-state index contributed by atoms with van der Waals surface area (Å²) in [6.45, 7) is 10.0. The van der Waals surface area contributed by atoms with E-state index >= 15 is 0 Å². The summed E-state index contributed by atoms with van der Waals surface area (Å²) in [6.07, 6.45) is 12.9. The molecule has 0 spiro atoms. The fourth-order valence-electron chi connectivity index (χ4n) is 3.98. The molecule has 0 aliphatic heterocycles. The van der Waals surface area contributed by atoms with Crippen molar-refractivity contribution >= 4 is 17.7 Å². The minimum atomic E-state index is -0.314. The van der Waals surface area contributed by atoms with Crippen molar-refractivity contribution in [3.8, 4) is 0 Å². The highest BCUT2D eigenvalue weighted by Gasteiger charge is 2.28. The van der Waals surface area contributed by atoms with E-state index < -0.39 is 0 Å². The second kappa shape index (κ2) is 12.0. The Labute approximate surface area is 153 Å². The highest BCUT2D eigenvalue weighted by atomic mass is 32.2. The van der Waals surface area contributed by atoms with Crippen LogP contribution in [0, 0.1) is 11.8 Å². The van der Waals surface area contributed by atoms with Gasteiger partial charge in [0.1, 0.15) is 0 Å². The van der Waals surface area contributed by atoms with Crippen LogP contribution in [0.4, 0.5) is 0 Å². The molecule has 0 bridgehead atoms. The highest BCUT2D eigenvalue weighted by Crippen LogP contribution is 2.41. The van der Waals surface area contributed by atoms with Gasteiger partial charge in [0, 0.05) is 6.04 Å². The van der Waals surface area contributed by atoms with Crippen molar-refractivity contribution in [1.82, 2.24) is 5.32 Å². The van der Waals surface area contributed by atoms with E-state index in [-0.39, 0.29) is 18.0 Å². The van der Waals surface area contributed by atoms with Gasteiger partial charge in [0.05, 0.1) is 6.04 Å². The molecule has 2 aliphatic rings. The molecule has 0 aromatic heterocycles. The van der Waals surface area contributed by atoms with Gasteiger partial charge in [-0.1, -0.05) is 71.8 Å². The first-order valence-corrected chi connectivity index (χ1v) is 10.8. The van der Waals surface area contributed by atoms with Gasteiger partial charge in [-0.15, -0.1) is 11.8 Å². The maximum atomic E-state index is 10.9. The third-order valence-electron chi connectivity index (χ3n) is 5.39. The standard InChI is InChI=1S/C11H22N2OS.C9H16/c1-5-7-10(9(4)15-6-2)13-8(3)11(12)14;1-2-5-9-7-3-6-8(9)4-1/h8,10,13H,4-7H2,1-3H3,(H2,12,14);8-9H,1-7H2. The normalized spacial score (nSPS) is 25.1. The van der Waals surface area contributed by atoms with Gasteiger partial charge < -0.3 is 5.73 Å². The van der Waals surface area contributed by atoms with Crippen molar-refractivity contribution in [3.05, 3.63) is 11.5 Å². The molecular weight excluding hydrogens is 316 g/mol. The molecule has 0 radical (unpaired) electrons. The smallest absolute Gasteiger partial charge is 0.234 e. The summed E-state index contributed by atoms with van der Waals surface area (Å²) < 4.78 is 0. The maximum Gasteiger partial charge on any atom is 0.234 e. The second-order valence-corrected chi connectivity index (χ2v) is 8.66. The molecule has 3 N–H and O–H groups in total. The van der Waals surface area contributed by atoms with Gasteiger partial charge in [0.15, 0.2) is 0 Å². The van der Waals surface area contributed by atoms with Gasteiger partial charge in [0.25, 0.3) is 0 Å². The maximum absolute atomic E-state index is 10.9. The molecule has 2 aliphatic carbocycles. The molecule has 0 aromatic carbocycles. The molecule has 0 aromatic rings. The molecule has 4 unspecified atom stereocenters. The highest BCUT2D eigenvalue weighted by molar-refractivity contribution is 8.03. The quantitative estimate of drug-likeness (QED) is 0.654. The van der Waals surface area contributed by atoms with Crippen molar-refractivity contribution in [2.45, 2.75) is 90.6 Å². The molecule has 2 rings (SSSR count). The van der Waals surface area contributed by atoms with E-state index in [2.05, 4.69) is 25.7 Å². The van der Waals surface area contributed by atoms with Crippen LogP contribution in [-0.4, -0.2) is 23.7 Å². The average molecular weight is 355 g/mol. The Hall–Kier alpha value is -0.480. The minimum absolute atomic E-state index is 0.183. The lowest BCUT2D eigenvalue weighted by Crippen LogP contribution is -2.44. The molecule has 0 saturated heterocycles. The van der Waals surface area contributed by atoms with Crippen LogP contribution in [0.1, 0.15) is 78.6 Å². The van der Waals surface area contributed by atoms with Crippen LogP contribution in [0.2, 0.25) is 0 Å². The van der Waals surface area contributed by atoms with Gasteiger partial charge in [0.2, 0.25) is 5.91 Å². The zero-order valence-electron chi connectivity index (χ0n) is 16.0. The number of fused-ring (bicyclic) bond motifs is 1. The molecule has 3 nitrogen and oxygen atoms in total. The van der Waals surface area contributed by atoms with Crippen LogP contribution in [0.15, 0.2) is 11.5 Å². The van der Waals surface area contributed by atoms with Crippen molar-refractivity contribution in [3.63, 3.8) is 0 Å². The average Bonchev–Trinajstić information content (AvgIpc) is 3.03. The number of amides is 1. The Morgan fingerprint density at radius 1 is 1.17 bits per heavy atom. The van der Waals surface area contributed by atoms with Gasteiger partial charge in [-0.05, 0) is 35.8 Å². The van der Waals surface area contributed by atoms with E-state index in [1.165, 1.54) is 31.1 Å². The number of primary amides is 1. The van der Waals surface area contributed by atoms with Gasteiger partial charge in [-0.3, -0.25) is 10.1 Å². The lowest BCUT2D eigenvalue weighted by Gasteiger charge is -2.24. The molecule has 4 heteroatoms. The summed E-state index contributed by atoms with van der Waals surface area (Å²) in [4.78, 5) is 12.0. The number of hydrogen-bond donors (Lipinski definition) is 2. The Balaban J connectivity index is 0.000000267. The fourth-order valence-corrected chi connectivity index (χ4v) is 4.74. The first kappa shape index (κ1) is 21.6. The van der Waals surface area contributed by atoms with Crippen LogP contribution in [-0.2, 0) is 4.79 Å². The van der Waals surface area contributed by atoms with E-state index in [0.717, 1.165) is 23.5 Å². The number of nitrogens with two attached hydrogens (primary N) is 1. The van der Waals surface area contributed by atoms with E-state index in [9.17, 15) is 4.79 Å². The van der Waals surface area contributed by atoms with E-state index in [4.69, 9.17) is 5.73 Å². The molecule has 24 heavy (non-hydrogen) atoms. The van der Waals surface area contributed by atoms with Crippen LogP contribution in [0.3, 0.4) is 0 Å². The van der Waals surface area contributed by atoms with Crippen molar-refractivity contribution in [2.24, 2.45) is 17.6 Å². The van der Waals surface area contributed by atoms with Crippen molar-refractivity contribution in [2.75, 3.05) is 5.75 Å². The summed E-state index contributed by atoms with van der Waals surface area (Å²) in [5.41, 5.74) is 5.22. The van der Waals surface area contributed by atoms with E-state index in [0.29, 0.717) is 0 Å². The molecule has 1 amide bonds. The number of nitrogens with one attached hydrogen (secondary N) is 1. The summed E-state index contributed by atoms with van der Waals surface area (Å²) >= 11 is 1.72. The number of hydrogen-bond acceptors (Lipinski definition) is 3. The van der Waals surface area contributed by atoms with Crippen molar-refractivity contribution < 1.29 is 4.79 Å². The third kappa shape index (κ3) is 7.60. The summed E-state index contributed by atoms with van der Waals surface area (Å²) in [5, 5.41) is 3.21. The Kier molecular flexibility index (Phi) is 10.8. The first-order valence-electron chi connectivity index (χ1n) is 9.86. The van der Waals surface area contributed by atoms with Crippen LogP contribution in [0.5, 0.6) is 0 Å². The van der Waals surface area contributed by atoms with Gasteiger partial charge in [-0.2, -0.15) is 0 Å². The zero-order valence-corrected chi connectivity index (χ0v) is 16.8. The lowest BCUT2D eigenvalue weighted by molar-refractivity contribution is -0.119.